The molecule has 0 aromatic heterocycles. The lowest BCUT2D eigenvalue weighted by molar-refractivity contribution is -0.137. The van der Waals surface area contributed by atoms with E-state index in [9.17, 15) is 22.8 Å². The number of nitrogens with one attached hydrogen (secondary N) is 2. The molecule has 0 saturated heterocycles. The third-order valence-corrected chi connectivity index (χ3v) is 4.87. The molecule has 1 saturated carbocycles. The van der Waals surface area contributed by atoms with Gasteiger partial charge in [-0.1, -0.05) is 33.6 Å². The van der Waals surface area contributed by atoms with E-state index >= 15 is 0 Å². The van der Waals surface area contributed by atoms with Crippen molar-refractivity contribution in [2.75, 3.05) is 5.32 Å². The van der Waals surface area contributed by atoms with Gasteiger partial charge in [-0.2, -0.15) is 13.2 Å². The predicted octanol–water partition coefficient (Wildman–Crippen LogP) is 4.37. The predicted molar refractivity (Wildman–Crippen MR) is 93.4 cm³/mol. The van der Waals surface area contributed by atoms with Crippen LogP contribution < -0.4 is 10.6 Å². The summed E-state index contributed by atoms with van der Waals surface area (Å²) >= 11 is 0. The van der Waals surface area contributed by atoms with Crippen LogP contribution in [0, 0.1) is 11.3 Å². The largest absolute Gasteiger partial charge is 0.416 e. The number of alkyl halides is 3. The molecule has 1 aliphatic carbocycles. The molecule has 1 aliphatic rings. The first kappa shape index (κ1) is 20.3. The zero-order valence-electron chi connectivity index (χ0n) is 15.2. The summed E-state index contributed by atoms with van der Waals surface area (Å²) in [5.41, 5.74) is -0.647. The Bertz CT molecular complexity index is 648. The Labute approximate surface area is 151 Å². The average molecular weight is 370 g/mol. The van der Waals surface area contributed by atoms with Crippen LogP contribution in [0.2, 0.25) is 0 Å². The maximum Gasteiger partial charge on any atom is 0.416 e. The van der Waals surface area contributed by atoms with E-state index in [0.29, 0.717) is 0 Å². The molecule has 2 atom stereocenters. The van der Waals surface area contributed by atoms with Crippen molar-refractivity contribution in [1.82, 2.24) is 5.32 Å². The van der Waals surface area contributed by atoms with Crippen LogP contribution in [0.25, 0.3) is 0 Å². The van der Waals surface area contributed by atoms with Gasteiger partial charge >= 0.3 is 18.0 Å². The highest BCUT2D eigenvalue weighted by Gasteiger charge is 2.36. The SMILES string of the molecule is CC(C)(C)C1CCCCC1NC(=O)C(=O)Nc1ccc(C(F)(F)F)cc1. The molecule has 0 aliphatic heterocycles. The minimum atomic E-state index is -4.44. The Morgan fingerprint density at radius 1 is 0.962 bits per heavy atom. The van der Waals surface area contributed by atoms with Crippen molar-refractivity contribution in [2.24, 2.45) is 11.3 Å². The van der Waals surface area contributed by atoms with Gasteiger partial charge in [-0.15, -0.1) is 0 Å². The second kappa shape index (κ2) is 7.68. The molecule has 7 heteroatoms. The van der Waals surface area contributed by atoms with Gasteiger partial charge in [0.15, 0.2) is 0 Å². The Kier molecular flexibility index (Phi) is 5.98. The van der Waals surface area contributed by atoms with Crippen LogP contribution in [0.1, 0.15) is 52.0 Å². The average Bonchev–Trinajstić information content (AvgIpc) is 2.54. The molecule has 2 N–H and O–H groups in total. The van der Waals surface area contributed by atoms with Gasteiger partial charge in [0.05, 0.1) is 5.56 Å². The third-order valence-electron chi connectivity index (χ3n) is 4.87. The molecule has 0 heterocycles. The smallest absolute Gasteiger partial charge is 0.345 e. The van der Waals surface area contributed by atoms with Crippen LogP contribution in [-0.2, 0) is 15.8 Å². The fraction of sp³-hybridized carbons (Fsp3) is 0.579. The summed E-state index contributed by atoms with van der Waals surface area (Å²) in [6, 6.07) is 3.92. The Balaban J connectivity index is 1.98. The second-order valence-electron chi connectivity index (χ2n) is 7.87. The van der Waals surface area contributed by atoms with E-state index in [1.807, 2.05) is 0 Å². The first-order valence-electron chi connectivity index (χ1n) is 8.77. The maximum absolute atomic E-state index is 12.6. The van der Waals surface area contributed by atoms with Crippen molar-refractivity contribution in [3.8, 4) is 0 Å². The maximum atomic E-state index is 12.6. The summed E-state index contributed by atoms with van der Waals surface area (Å²) in [7, 11) is 0. The molecule has 1 aromatic carbocycles. The van der Waals surface area contributed by atoms with Crippen LogP contribution in [0.3, 0.4) is 0 Å². The van der Waals surface area contributed by atoms with Crippen LogP contribution in [-0.4, -0.2) is 17.9 Å². The number of hydrogen-bond acceptors (Lipinski definition) is 2. The topological polar surface area (TPSA) is 58.2 Å². The lowest BCUT2D eigenvalue weighted by atomic mass is 9.69. The lowest BCUT2D eigenvalue weighted by Gasteiger charge is -2.40. The number of benzene rings is 1. The molecular weight excluding hydrogens is 345 g/mol. The first-order valence-corrected chi connectivity index (χ1v) is 8.77. The van der Waals surface area contributed by atoms with Gasteiger partial charge in [-0.05, 0) is 48.4 Å². The van der Waals surface area contributed by atoms with E-state index in [1.165, 1.54) is 0 Å². The number of rotatable bonds is 2. The minimum absolute atomic E-state index is 0.0161. The van der Waals surface area contributed by atoms with Crippen LogP contribution in [0.15, 0.2) is 24.3 Å². The summed E-state index contributed by atoms with van der Waals surface area (Å²) in [5, 5.41) is 5.15. The fourth-order valence-electron chi connectivity index (χ4n) is 3.50. The summed E-state index contributed by atoms with van der Waals surface area (Å²) in [6.45, 7) is 6.35. The quantitative estimate of drug-likeness (QED) is 0.760. The van der Waals surface area contributed by atoms with Gasteiger partial charge in [0.25, 0.3) is 0 Å². The summed E-state index contributed by atoms with van der Waals surface area (Å²) < 4.78 is 37.7. The van der Waals surface area contributed by atoms with Crippen molar-refractivity contribution >= 4 is 17.5 Å². The number of hydrogen-bond donors (Lipinski definition) is 2. The van der Waals surface area contributed by atoms with Gasteiger partial charge in [0.2, 0.25) is 0 Å². The van der Waals surface area contributed by atoms with E-state index in [2.05, 4.69) is 31.4 Å². The molecule has 2 unspecified atom stereocenters. The second-order valence-corrected chi connectivity index (χ2v) is 7.87. The number of anilines is 1. The van der Waals surface area contributed by atoms with Crippen molar-refractivity contribution in [1.29, 1.82) is 0 Å². The highest BCUT2D eigenvalue weighted by Crippen LogP contribution is 2.38. The molecule has 0 radical (unpaired) electrons. The molecule has 0 spiro atoms. The zero-order valence-corrected chi connectivity index (χ0v) is 15.2. The van der Waals surface area contributed by atoms with E-state index in [-0.39, 0.29) is 23.1 Å². The van der Waals surface area contributed by atoms with E-state index < -0.39 is 23.6 Å². The van der Waals surface area contributed by atoms with Crippen LogP contribution in [0.4, 0.5) is 18.9 Å². The van der Waals surface area contributed by atoms with E-state index in [0.717, 1.165) is 49.9 Å². The molecule has 26 heavy (non-hydrogen) atoms. The van der Waals surface area contributed by atoms with Crippen molar-refractivity contribution in [3.05, 3.63) is 29.8 Å². The van der Waals surface area contributed by atoms with E-state index in [1.54, 1.807) is 0 Å². The van der Waals surface area contributed by atoms with Gasteiger partial charge < -0.3 is 10.6 Å². The van der Waals surface area contributed by atoms with E-state index in [4.69, 9.17) is 0 Å². The summed E-state index contributed by atoms with van der Waals surface area (Å²) in [5.74, 6) is -1.35. The number of amides is 2. The van der Waals surface area contributed by atoms with Crippen molar-refractivity contribution < 1.29 is 22.8 Å². The van der Waals surface area contributed by atoms with Crippen molar-refractivity contribution in [2.45, 2.75) is 58.7 Å². The van der Waals surface area contributed by atoms with Crippen LogP contribution in [0.5, 0.6) is 0 Å². The molecule has 2 rings (SSSR count). The molecule has 4 nitrogen and oxygen atoms in total. The van der Waals surface area contributed by atoms with Gasteiger partial charge in [-0.25, -0.2) is 0 Å². The molecule has 1 fully saturated rings. The zero-order chi connectivity index (χ0) is 19.5. The number of carbonyl (C=O) groups is 2. The van der Waals surface area contributed by atoms with Gasteiger partial charge in [-0.3, -0.25) is 9.59 Å². The fourth-order valence-corrected chi connectivity index (χ4v) is 3.50. The highest BCUT2D eigenvalue weighted by atomic mass is 19.4. The van der Waals surface area contributed by atoms with Gasteiger partial charge in [0, 0.05) is 11.7 Å². The lowest BCUT2D eigenvalue weighted by Crippen LogP contribution is -2.49. The number of carbonyl (C=O) groups excluding carboxylic acids is 2. The molecule has 144 valence electrons. The standard InChI is InChI=1S/C19H25F3N2O2/c1-18(2,3)14-6-4-5-7-15(14)24-17(26)16(25)23-13-10-8-12(9-11-13)19(20,21)22/h8-11,14-15H,4-7H2,1-3H3,(H,23,25)(H,24,26). The highest BCUT2D eigenvalue weighted by molar-refractivity contribution is 6.39. The summed E-state index contributed by atoms with van der Waals surface area (Å²) in [6.07, 6.45) is -0.525. The monoisotopic (exact) mass is 370 g/mol. The molecular formula is C19H25F3N2O2. The Hall–Kier alpha value is -2.05. The Morgan fingerprint density at radius 3 is 2.08 bits per heavy atom. The first-order chi connectivity index (χ1) is 12.0. The Morgan fingerprint density at radius 2 is 1.54 bits per heavy atom. The third kappa shape index (κ3) is 5.22. The normalized spacial score (nSPS) is 21.2. The van der Waals surface area contributed by atoms with Gasteiger partial charge in [0.1, 0.15) is 0 Å². The minimum Gasteiger partial charge on any atom is -0.345 e. The molecule has 2 amide bonds. The molecule has 0 bridgehead atoms. The molecule has 1 aromatic rings. The van der Waals surface area contributed by atoms with Crippen LogP contribution >= 0.6 is 0 Å². The summed E-state index contributed by atoms with van der Waals surface area (Å²) in [4.78, 5) is 24.3. The number of halogens is 3. The van der Waals surface area contributed by atoms with Crippen molar-refractivity contribution in [3.63, 3.8) is 0 Å².